The van der Waals surface area contributed by atoms with Gasteiger partial charge in [0.15, 0.2) is 4.67 Å². The highest BCUT2D eigenvalue weighted by Gasteiger charge is 2.35. The van der Waals surface area contributed by atoms with Gasteiger partial charge in [0, 0.05) is 12.1 Å². The van der Waals surface area contributed by atoms with Crippen LogP contribution in [0.25, 0.3) is 0 Å². The number of hydrogen-bond acceptors (Lipinski definition) is 2. The molecule has 2 rings (SSSR count). The van der Waals surface area contributed by atoms with E-state index >= 15 is 0 Å². The van der Waals surface area contributed by atoms with E-state index in [4.69, 9.17) is 4.42 Å². The second kappa shape index (κ2) is 3.14. The first-order valence-corrected chi connectivity index (χ1v) is 5.36. The van der Waals surface area contributed by atoms with Gasteiger partial charge in [0.2, 0.25) is 0 Å². The Balaban J connectivity index is 1.99. The van der Waals surface area contributed by atoms with Gasteiger partial charge in [-0.3, -0.25) is 4.90 Å². The molecule has 0 spiro atoms. The number of likely N-dealkylation sites (tertiary alicyclic amines) is 1. The summed E-state index contributed by atoms with van der Waals surface area (Å²) < 4.78 is 6.28. The average Bonchev–Trinajstić information content (AvgIpc) is 2.46. The molecule has 0 amide bonds. The number of halogens is 1. The molecule has 1 aromatic rings. The van der Waals surface area contributed by atoms with Crippen LogP contribution in [0.1, 0.15) is 26.0 Å². The molecule has 0 N–H and O–H groups in total. The largest absolute Gasteiger partial charge is 0.453 e. The molecule has 1 saturated heterocycles. The van der Waals surface area contributed by atoms with Gasteiger partial charge in [-0.2, -0.15) is 0 Å². The summed E-state index contributed by atoms with van der Waals surface area (Å²) >= 11 is 3.31. The van der Waals surface area contributed by atoms with E-state index in [1.807, 2.05) is 12.1 Å². The van der Waals surface area contributed by atoms with Crippen molar-refractivity contribution < 1.29 is 4.42 Å². The molecule has 1 aromatic heterocycles. The van der Waals surface area contributed by atoms with E-state index in [1.165, 1.54) is 13.0 Å². The first-order chi connectivity index (χ1) is 6.08. The van der Waals surface area contributed by atoms with Crippen molar-refractivity contribution in [3.8, 4) is 0 Å². The highest BCUT2D eigenvalue weighted by atomic mass is 79.9. The number of rotatable bonds is 2. The Kier molecular flexibility index (Phi) is 2.24. The minimum atomic E-state index is 0.360. The maximum atomic E-state index is 5.46. The van der Waals surface area contributed by atoms with E-state index in [0.29, 0.717) is 5.54 Å². The van der Waals surface area contributed by atoms with Crippen molar-refractivity contribution in [1.82, 2.24) is 4.90 Å². The lowest BCUT2D eigenvalue weighted by atomic mass is 9.89. The van der Waals surface area contributed by atoms with Crippen LogP contribution in [-0.2, 0) is 6.54 Å². The molecule has 13 heavy (non-hydrogen) atoms. The standard InChI is InChI=1S/C10H14BrNO/c1-10(2)5-6-12(10)7-8-3-4-9(11)13-8/h3-4H,5-7H2,1-2H3. The van der Waals surface area contributed by atoms with Gasteiger partial charge in [0.05, 0.1) is 6.54 Å². The summed E-state index contributed by atoms with van der Waals surface area (Å²) in [5, 5.41) is 0. The van der Waals surface area contributed by atoms with Crippen LogP contribution in [-0.4, -0.2) is 17.0 Å². The molecule has 0 radical (unpaired) electrons. The number of nitrogens with zero attached hydrogens (tertiary/aromatic N) is 1. The molecule has 0 saturated carbocycles. The maximum Gasteiger partial charge on any atom is 0.169 e. The SMILES string of the molecule is CC1(C)CCN1Cc1ccc(Br)o1. The zero-order valence-electron chi connectivity index (χ0n) is 8.01. The van der Waals surface area contributed by atoms with Crippen molar-refractivity contribution in [2.75, 3.05) is 6.54 Å². The highest BCUT2D eigenvalue weighted by molar-refractivity contribution is 9.10. The third-order valence-electron chi connectivity index (χ3n) is 2.83. The predicted octanol–water partition coefficient (Wildman–Crippen LogP) is 3.03. The van der Waals surface area contributed by atoms with Crippen LogP contribution in [0.3, 0.4) is 0 Å². The van der Waals surface area contributed by atoms with Gasteiger partial charge in [0.1, 0.15) is 5.76 Å². The Morgan fingerprint density at radius 2 is 2.31 bits per heavy atom. The molecule has 0 aliphatic carbocycles. The summed E-state index contributed by atoms with van der Waals surface area (Å²) in [6.07, 6.45) is 1.29. The minimum Gasteiger partial charge on any atom is -0.453 e. The van der Waals surface area contributed by atoms with Crippen molar-refractivity contribution in [2.45, 2.75) is 32.4 Å². The smallest absolute Gasteiger partial charge is 0.169 e. The van der Waals surface area contributed by atoms with Crippen LogP contribution in [0.15, 0.2) is 21.2 Å². The van der Waals surface area contributed by atoms with E-state index < -0.39 is 0 Å². The zero-order chi connectivity index (χ0) is 9.47. The lowest BCUT2D eigenvalue weighted by Gasteiger charge is -2.48. The van der Waals surface area contributed by atoms with Crippen LogP contribution in [0, 0.1) is 0 Å². The lowest BCUT2D eigenvalue weighted by Crippen LogP contribution is -2.54. The van der Waals surface area contributed by atoms with Gasteiger partial charge in [-0.1, -0.05) is 0 Å². The maximum absolute atomic E-state index is 5.46. The van der Waals surface area contributed by atoms with Crippen LogP contribution < -0.4 is 0 Å². The third kappa shape index (κ3) is 1.81. The average molecular weight is 244 g/mol. The second-order valence-corrected chi connectivity index (χ2v) is 4.97. The van der Waals surface area contributed by atoms with Gasteiger partial charge in [0.25, 0.3) is 0 Å². The first-order valence-electron chi connectivity index (χ1n) is 4.57. The molecule has 0 bridgehead atoms. The molecular formula is C10H14BrNO. The number of hydrogen-bond donors (Lipinski definition) is 0. The Labute approximate surface area is 87.0 Å². The molecule has 2 nitrogen and oxygen atoms in total. The normalized spacial score (nSPS) is 21.5. The molecule has 0 aromatic carbocycles. The Bertz CT molecular complexity index is 306. The summed E-state index contributed by atoms with van der Waals surface area (Å²) in [5.74, 6) is 1.04. The van der Waals surface area contributed by atoms with Crippen LogP contribution in [0.4, 0.5) is 0 Å². The van der Waals surface area contributed by atoms with Crippen LogP contribution in [0.2, 0.25) is 0 Å². The monoisotopic (exact) mass is 243 g/mol. The Morgan fingerprint density at radius 3 is 2.69 bits per heavy atom. The van der Waals surface area contributed by atoms with Gasteiger partial charge in [-0.15, -0.1) is 0 Å². The molecular weight excluding hydrogens is 230 g/mol. The van der Waals surface area contributed by atoms with E-state index in [0.717, 1.165) is 17.0 Å². The Morgan fingerprint density at radius 1 is 1.54 bits per heavy atom. The second-order valence-electron chi connectivity index (χ2n) is 4.19. The molecule has 0 atom stereocenters. The molecule has 2 heterocycles. The molecule has 72 valence electrons. The fraction of sp³-hybridized carbons (Fsp3) is 0.600. The minimum absolute atomic E-state index is 0.360. The van der Waals surface area contributed by atoms with E-state index in [1.54, 1.807) is 0 Å². The third-order valence-corrected chi connectivity index (χ3v) is 3.25. The predicted molar refractivity (Wildman–Crippen MR) is 55.5 cm³/mol. The van der Waals surface area contributed by atoms with E-state index in [-0.39, 0.29) is 0 Å². The summed E-state index contributed by atoms with van der Waals surface area (Å²) in [6.45, 7) is 6.66. The fourth-order valence-electron chi connectivity index (χ4n) is 1.64. The first kappa shape index (κ1) is 9.28. The Hall–Kier alpha value is -0.280. The molecule has 1 aliphatic heterocycles. The highest BCUT2D eigenvalue weighted by Crippen LogP contribution is 2.31. The van der Waals surface area contributed by atoms with Crippen molar-refractivity contribution in [1.29, 1.82) is 0 Å². The molecule has 1 aliphatic rings. The summed E-state index contributed by atoms with van der Waals surface area (Å²) in [5.41, 5.74) is 0.360. The summed E-state index contributed by atoms with van der Waals surface area (Å²) in [7, 11) is 0. The molecule has 0 unspecified atom stereocenters. The van der Waals surface area contributed by atoms with Gasteiger partial charge in [-0.05, 0) is 48.3 Å². The summed E-state index contributed by atoms with van der Waals surface area (Å²) in [4.78, 5) is 2.43. The van der Waals surface area contributed by atoms with Gasteiger partial charge in [-0.25, -0.2) is 0 Å². The van der Waals surface area contributed by atoms with Crippen molar-refractivity contribution in [3.05, 3.63) is 22.6 Å². The van der Waals surface area contributed by atoms with Crippen LogP contribution in [0.5, 0.6) is 0 Å². The van der Waals surface area contributed by atoms with Crippen LogP contribution >= 0.6 is 15.9 Å². The fourth-order valence-corrected chi connectivity index (χ4v) is 1.98. The lowest BCUT2D eigenvalue weighted by molar-refractivity contribution is 0.00221. The zero-order valence-corrected chi connectivity index (χ0v) is 9.60. The molecule has 1 fully saturated rings. The quantitative estimate of drug-likeness (QED) is 0.795. The van der Waals surface area contributed by atoms with E-state index in [9.17, 15) is 0 Å². The van der Waals surface area contributed by atoms with Gasteiger partial charge < -0.3 is 4.42 Å². The molecule has 3 heteroatoms. The summed E-state index contributed by atoms with van der Waals surface area (Å²) in [6, 6.07) is 3.97. The van der Waals surface area contributed by atoms with E-state index in [2.05, 4.69) is 34.7 Å². The topological polar surface area (TPSA) is 16.4 Å². The van der Waals surface area contributed by atoms with Crippen molar-refractivity contribution >= 4 is 15.9 Å². The van der Waals surface area contributed by atoms with Gasteiger partial charge >= 0.3 is 0 Å². The van der Waals surface area contributed by atoms with Crippen molar-refractivity contribution in [2.24, 2.45) is 0 Å². The van der Waals surface area contributed by atoms with Crippen molar-refractivity contribution in [3.63, 3.8) is 0 Å². The number of furan rings is 1.